The van der Waals surface area contributed by atoms with Crippen LogP contribution in [0.5, 0.6) is 0 Å². The molecule has 0 fully saturated rings. The monoisotopic (exact) mass is 292 g/mol. The summed E-state index contributed by atoms with van der Waals surface area (Å²) in [6.45, 7) is 1.74. The van der Waals surface area contributed by atoms with Gasteiger partial charge < -0.3 is 10.0 Å². The molecular formula is C14H17FN4O2. The van der Waals surface area contributed by atoms with Crippen molar-refractivity contribution in [2.75, 3.05) is 7.05 Å². The number of rotatable bonds is 5. The number of aromatic nitrogens is 3. The number of aliphatic hydroxyl groups is 1. The minimum atomic E-state index is -0.731. The van der Waals surface area contributed by atoms with Gasteiger partial charge in [0.2, 0.25) is 5.91 Å². The highest BCUT2D eigenvalue weighted by atomic mass is 19.1. The van der Waals surface area contributed by atoms with Crippen LogP contribution in [-0.4, -0.2) is 38.0 Å². The molecule has 2 aromatic rings. The minimum Gasteiger partial charge on any atom is -0.387 e. The van der Waals surface area contributed by atoms with E-state index in [0.717, 1.165) is 0 Å². The Bertz CT molecular complexity index is 627. The first-order valence-corrected chi connectivity index (χ1v) is 6.53. The standard InChI is InChI=1S/C14H17FN4O2/c1-10(20)13-8-19(17-16-13)9-14(21)18(2)7-11-5-3-4-6-12(11)15/h3-6,8,10,20H,7,9H2,1-2H3. The molecular weight excluding hydrogens is 275 g/mol. The van der Waals surface area contributed by atoms with Gasteiger partial charge in [0.05, 0.1) is 12.3 Å². The predicted molar refractivity (Wildman–Crippen MR) is 73.5 cm³/mol. The largest absolute Gasteiger partial charge is 0.387 e. The molecule has 0 radical (unpaired) electrons. The van der Waals surface area contributed by atoms with Gasteiger partial charge in [0, 0.05) is 19.2 Å². The van der Waals surface area contributed by atoms with Crippen LogP contribution in [0.4, 0.5) is 4.39 Å². The Morgan fingerprint density at radius 2 is 2.19 bits per heavy atom. The number of halogens is 1. The van der Waals surface area contributed by atoms with Crippen molar-refractivity contribution in [2.24, 2.45) is 0 Å². The predicted octanol–water partition coefficient (Wildman–Crippen LogP) is 1.13. The molecule has 0 aliphatic rings. The molecule has 0 spiro atoms. The molecule has 21 heavy (non-hydrogen) atoms. The van der Waals surface area contributed by atoms with Gasteiger partial charge in [0.1, 0.15) is 18.1 Å². The minimum absolute atomic E-state index is 0.00925. The molecule has 0 aliphatic carbocycles. The number of likely N-dealkylation sites (N-methyl/N-ethyl adjacent to an activating group) is 1. The van der Waals surface area contributed by atoms with Crippen molar-refractivity contribution in [1.29, 1.82) is 0 Å². The summed E-state index contributed by atoms with van der Waals surface area (Å²) < 4.78 is 14.9. The summed E-state index contributed by atoms with van der Waals surface area (Å²) in [5.41, 5.74) is 0.858. The maximum absolute atomic E-state index is 13.5. The van der Waals surface area contributed by atoms with Crippen molar-refractivity contribution >= 4 is 5.91 Å². The zero-order valence-corrected chi connectivity index (χ0v) is 11.9. The summed E-state index contributed by atoms with van der Waals surface area (Å²) in [6, 6.07) is 6.33. The van der Waals surface area contributed by atoms with Crippen LogP contribution in [0, 0.1) is 5.82 Å². The summed E-state index contributed by atoms with van der Waals surface area (Å²) in [5, 5.41) is 16.9. The van der Waals surface area contributed by atoms with E-state index < -0.39 is 6.10 Å². The van der Waals surface area contributed by atoms with Crippen LogP contribution in [-0.2, 0) is 17.9 Å². The quantitative estimate of drug-likeness (QED) is 0.896. The number of carbonyl (C=O) groups is 1. The number of amides is 1. The Labute approximate surface area is 121 Å². The van der Waals surface area contributed by atoms with Crippen LogP contribution in [0.2, 0.25) is 0 Å². The number of aliphatic hydroxyl groups excluding tert-OH is 1. The Kier molecular flexibility index (Phi) is 4.64. The number of hydrogen-bond acceptors (Lipinski definition) is 4. The molecule has 7 heteroatoms. The Balaban J connectivity index is 1.97. The zero-order valence-electron chi connectivity index (χ0n) is 11.9. The smallest absolute Gasteiger partial charge is 0.244 e. The van der Waals surface area contributed by atoms with Crippen molar-refractivity contribution in [3.63, 3.8) is 0 Å². The van der Waals surface area contributed by atoms with Gasteiger partial charge in [-0.3, -0.25) is 4.79 Å². The molecule has 1 aromatic carbocycles. The van der Waals surface area contributed by atoms with Crippen LogP contribution >= 0.6 is 0 Å². The van der Waals surface area contributed by atoms with Crippen LogP contribution in [0.15, 0.2) is 30.5 Å². The molecule has 6 nitrogen and oxygen atoms in total. The normalized spacial score (nSPS) is 12.2. The lowest BCUT2D eigenvalue weighted by molar-refractivity contribution is -0.131. The van der Waals surface area contributed by atoms with Gasteiger partial charge in [-0.15, -0.1) is 5.10 Å². The molecule has 2 rings (SSSR count). The fourth-order valence-corrected chi connectivity index (χ4v) is 1.81. The molecule has 1 heterocycles. The van der Waals surface area contributed by atoms with Crippen LogP contribution in [0.1, 0.15) is 24.3 Å². The fourth-order valence-electron chi connectivity index (χ4n) is 1.81. The molecule has 0 bridgehead atoms. The maximum atomic E-state index is 13.5. The SMILES string of the molecule is CC(O)c1cn(CC(=O)N(C)Cc2ccccc2F)nn1. The van der Waals surface area contributed by atoms with E-state index in [-0.39, 0.29) is 24.8 Å². The van der Waals surface area contributed by atoms with Crippen LogP contribution in [0.3, 0.4) is 0 Å². The van der Waals surface area contributed by atoms with E-state index >= 15 is 0 Å². The first kappa shape index (κ1) is 15.1. The van der Waals surface area contributed by atoms with E-state index in [4.69, 9.17) is 0 Å². The Hall–Kier alpha value is -2.28. The van der Waals surface area contributed by atoms with Gasteiger partial charge in [-0.25, -0.2) is 9.07 Å². The Morgan fingerprint density at radius 1 is 1.48 bits per heavy atom. The van der Waals surface area contributed by atoms with E-state index in [1.807, 2.05) is 0 Å². The number of nitrogens with zero attached hydrogens (tertiary/aromatic N) is 4. The van der Waals surface area contributed by atoms with Crippen molar-refractivity contribution in [3.05, 3.63) is 47.5 Å². The Morgan fingerprint density at radius 3 is 2.81 bits per heavy atom. The number of hydrogen-bond donors (Lipinski definition) is 1. The van der Waals surface area contributed by atoms with E-state index in [1.165, 1.54) is 21.8 Å². The molecule has 0 saturated heterocycles. The van der Waals surface area contributed by atoms with Gasteiger partial charge in [-0.1, -0.05) is 23.4 Å². The van der Waals surface area contributed by atoms with Crippen molar-refractivity contribution in [3.8, 4) is 0 Å². The van der Waals surface area contributed by atoms with Crippen LogP contribution in [0.25, 0.3) is 0 Å². The summed E-state index contributed by atoms with van der Waals surface area (Å²) in [6.07, 6.45) is 0.782. The average Bonchev–Trinajstić information content (AvgIpc) is 2.90. The highest BCUT2D eigenvalue weighted by Crippen LogP contribution is 2.10. The van der Waals surface area contributed by atoms with E-state index in [2.05, 4.69) is 10.3 Å². The second-order valence-electron chi connectivity index (χ2n) is 4.86. The van der Waals surface area contributed by atoms with E-state index in [1.54, 1.807) is 32.2 Å². The van der Waals surface area contributed by atoms with Crippen molar-refractivity contribution < 1.29 is 14.3 Å². The summed E-state index contributed by atoms with van der Waals surface area (Å²) in [5.74, 6) is -0.561. The molecule has 1 unspecified atom stereocenters. The molecule has 1 aromatic heterocycles. The summed E-state index contributed by atoms with van der Waals surface area (Å²) >= 11 is 0. The van der Waals surface area contributed by atoms with Crippen molar-refractivity contribution in [2.45, 2.75) is 26.1 Å². The summed E-state index contributed by atoms with van der Waals surface area (Å²) in [7, 11) is 1.60. The lowest BCUT2D eigenvalue weighted by Gasteiger charge is -2.17. The fraction of sp³-hybridized carbons (Fsp3) is 0.357. The second-order valence-corrected chi connectivity index (χ2v) is 4.86. The topological polar surface area (TPSA) is 71.2 Å². The van der Waals surface area contributed by atoms with E-state index in [9.17, 15) is 14.3 Å². The van der Waals surface area contributed by atoms with Gasteiger partial charge >= 0.3 is 0 Å². The number of benzene rings is 1. The summed E-state index contributed by atoms with van der Waals surface area (Å²) in [4.78, 5) is 13.5. The van der Waals surface area contributed by atoms with Crippen LogP contribution < -0.4 is 0 Å². The maximum Gasteiger partial charge on any atom is 0.244 e. The lowest BCUT2D eigenvalue weighted by Crippen LogP contribution is -2.30. The van der Waals surface area contributed by atoms with Gasteiger partial charge in [-0.05, 0) is 13.0 Å². The third-order valence-electron chi connectivity index (χ3n) is 3.07. The third kappa shape index (κ3) is 3.85. The molecule has 1 amide bonds. The first-order chi connectivity index (χ1) is 9.97. The lowest BCUT2D eigenvalue weighted by atomic mass is 10.2. The highest BCUT2D eigenvalue weighted by Gasteiger charge is 2.14. The number of carbonyl (C=O) groups excluding carboxylic acids is 1. The second kappa shape index (κ2) is 6.45. The molecule has 0 saturated carbocycles. The average molecular weight is 292 g/mol. The molecule has 1 atom stereocenters. The van der Waals surface area contributed by atoms with Crippen molar-refractivity contribution in [1.82, 2.24) is 19.9 Å². The zero-order chi connectivity index (χ0) is 15.4. The molecule has 0 aliphatic heterocycles. The molecule has 1 N–H and O–H groups in total. The first-order valence-electron chi connectivity index (χ1n) is 6.53. The highest BCUT2D eigenvalue weighted by molar-refractivity contribution is 5.75. The third-order valence-corrected chi connectivity index (χ3v) is 3.07. The molecule has 112 valence electrons. The van der Waals surface area contributed by atoms with Gasteiger partial charge in [0.15, 0.2) is 0 Å². The van der Waals surface area contributed by atoms with E-state index in [0.29, 0.717) is 11.3 Å². The van der Waals surface area contributed by atoms with Gasteiger partial charge in [-0.2, -0.15) is 0 Å². The van der Waals surface area contributed by atoms with Gasteiger partial charge in [0.25, 0.3) is 0 Å².